The number of benzene rings is 2. The highest BCUT2D eigenvalue weighted by atomic mass is 32.2. The Morgan fingerprint density at radius 2 is 1.42 bits per heavy atom. The van der Waals surface area contributed by atoms with Crippen molar-refractivity contribution in [2.24, 2.45) is 0 Å². The first-order chi connectivity index (χ1) is 15.8. The van der Waals surface area contributed by atoms with Gasteiger partial charge in [-0.2, -0.15) is 4.31 Å². The fourth-order valence-corrected chi connectivity index (χ4v) is 5.08. The van der Waals surface area contributed by atoms with Gasteiger partial charge in [0, 0.05) is 14.2 Å². The summed E-state index contributed by atoms with van der Waals surface area (Å²) in [6.07, 6.45) is -1.27. The van der Waals surface area contributed by atoms with Gasteiger partial charge in [-0.15, -0.1) is 0 Å². The minimum absolute atomic E-state index is 0.0580. The van der Waals surface area contributed by atoms with Crippen LogP contribution in [0.4, 0.5) is 5.69 Å². The van der Waals surface area contributed by atoms with Crippen LogP contribution in [0.1, 0.15) is 6.42 Å². The van der Waals surface area contributed by atoms with Crippen molar-refractivity contribution in [1.82, 2.24) is 4.31 Å². The van der Waals surface area contributed by atoms with E-state index in [9.17, 15) is 18.0 Å². The molecule has 1 atom stereocenters. The van der Waals surface area contributed by atoms with Crippen LogP contribution in [0.25, 0.3) is 0 Å². The molecule has 2 amide bonds. The molecule has 1 aliphatic rings. The van der Waals surface area contributed by atoms with Crippen molar-refractivity contribution in [2.75, 3.05) is 39.9 Å². The van der Waals surface area contributed by atoms with Gasteiger partial charge in [-0.05, 0) is 48.5 Å². The van der Waals surface area contributed by atoms with Crippen molar-refractivity contribution in [2.45, 2.75) is 23.6 Å². The first-order valence-corrected chi connectivity index (χ1v) is 11.4. The van der Waals surface area contributed by atoms with Crippen LogP contribution in [0, 0.1) is 0 Å². The lowest BCUT2D eigenvalue weighted by atomic mass is 10.2. The second-order valence-electron chi connectivity index (χ2n) is 7.14. The Morgan fingerprint density at radius 1 is 0.909 bits per heavy atom. The van der Waals surface area contributed by atoms with Crippen molar-refractivity contribution in [3.05, 3.63) is 48.5 Å². The highest BCUT2D eigenvalue weighted by Gasteiger charge is 2.47. The smallest absolute Gasteiger partial charge is 0.252 e. The third-order valence-corrected chi connectivity index (χ3v) is 7.21. The van der Waals surface area contributed by atoms with E-state index >= 15 is 0 Å². The van der Waals surface area contributed by atoms with E-state index < -0.39 is 34.2 Å². The van der Waals surface area contributed by atoms with E-state index in [2.05, 4.69) is 0 Å². The molecular weight excluding hydrogens is 452 g/mol. The van der Waals surface area contributed by atoms with Gasteiger partial charge in [0.2, 0.25) is 15.9 Å². The van der Waals surface area contributed by atoms with E-state index in [0.29, 0.717) is 17.2 Å². The molecule has 0 saturated carbocycles. The number of hydrogen-bond donors (Lipinski definition) is 0. The van der Waals surface area contributed by atoms with Gasteiger partial charge in [-0.3, -0.25) is 9.59 Å². The molecule has 178 valence electrons. The van der Waals surface area contributed by atoms with Gasteiger partial charge in [0.1, 0.15) is 17.5 Å². The second kappa shape index (κ2) is 10.3. The predicted octanol–water partition coefficient (Wildman–Crippen LogP) is 1.65. The lowest BCUT2D eigenvalue weighted by molar-refractivity contribution is -0.125. The number of carbonyl (C=O) groups is 2. The summed E-state index contributed by atoms with van der Waals surface area (Å²) in [7, 11) is 1.49. The highest BCUT2D eigenvalue weighted by Crippen LogP contribution is 2.31. The summed E-state index contributed by atoms with van der Waals surface area (Å²) < 4.78 is 48.6. The van der Waals surface area contributed by atoms with Crippen molar-refractivity contribution in [3.8, 4) is 11.5 Å². The standard InChI is InChI=1S/C22H26N2O8S/c1-29-16-7-5-15(6-8-16)24-20(25)13-19(22(24)26)23(14-21(31-3)32-4)33(27,28)18-11-9-17(30-2)10-12-18/h5-12,19,21H,13-14H2,1-4H3. The molecule has 0 radical (unpaired) electrons. The molecule has 0 N–H and O–H groups in total. The maximum Gasteiger partial charge on any atom is 0.252 e. The topological polar surface area (TPSA) is 112 Å². The van der Waals surface area contributed by atoms with Crippen LogP contribution in [0.2, 0.25) is 0 Å². The molecule has 1 saturated heterocycles. The number of sulfonamides is 1. The van der Waals surface area contributed by atoms with Crippen LogP contribution in [0.3, 0.4) is 0 Å². The maximum atomic E-state index is 13.5. The van der Waals surface area contributed by atoms with Crippen LogP contribution in [0.15, 0.2) is 53.4 Å². The number of rotatable bonds is 10. The zero-order chi connectivity index (χ0) is 24.2. The van der Waals surface area contributed by atoms with E-state index in [1.807, 2.05) is 0 Å². The molecule has 0 aromatic heterocycles. The Bertz CT molecular complexity index is 1080. The first-order valence-electron chi connectivity index (χ1n) is 9.99. The minimum Gasteiger partial charge on any atom is -0.497 e. The normalized spacial score (nSPS) is 16.7. The van der Waals surface area contributed by atoms with Crippen molar-refractivity contribution >= 4 is 27.5 Å². The van der Waals surface area contributed by atoms with E-state index in [1.165, 1.54) is 52.7 Å². The Labute approximate surface area is 192 Å². The molecule has 1 unspecified atom stereocenters. The summed E-state index contributed by atoms with van der Waals surface area (Å²) in [5, 5.41) is 0. The molecule has 1 fully saturated rings. The number of nitrogens with zero attached hydrogens (tertiary/aromatic N) is 2. The van der Waals surface area contributed by atoms with E-state index in [4.69, 9.17) is 18.9 Å². The molecule has 2 aromatic rings. The SMILES string of the molecule is COc1ccc(N2C(=O)CC(N(CC(OC)OC)S(=O)(=O)c3ccc(OC)cc3)C2=O)cc1. The molecule has 0 spiro atoms. The second-order valence-corrected chi connectivity index (χ2v) is 9.03. The molecular formula is C22H26N2O8S. The third kappa shape index (κ3) is 5.01. The number of amides is 2. The Balaban J connectivity index is 1.99. The largest absolute Gasteiger partial charge is 0.497 e. The molecule has 1 aliphatic heterocycles. The first kappa shape index (κ1) is 24.6. The molecule has 10 nitrogen and oxygen atoms in total. The lowest BCUT2D eigenvalue weighted by Gasteiger charge is -2.29. The number of imide groups is 1. The van der Waals surface area contributed by atoms with Crippen LogP contribution < -0.4 is 14.4 Å². The molecule has 0 aliphatic carbocycles. The average molecular weight is 479 g/mol. The van der Waals surface area contributed by atoms with Gasteiger partial charge in [0.15, 0.2) is 6.29 Å². The maximum absolute atomic E-state index is 13.5. The molecule has 1 heterocycles. The van der Waals surface area contributed by atoms with Gasteiger partial charge in [-0.25, -0.2) is 13.3 Å². The zero-order valence-corrected chi connectivity index (χ0v) is 19.6. The van der Waals surface area contributed by atoms with Crippen molar-refractivity contribution in [3.63, 3.8) is 0 Å². The quantitative estimate of drug-likeness (QED) is 0.374. The van der Waals surface area contributed by atoms with E-state index in [0.717, 1.165) is 9.21 Å². The Morgan fingerprint density at radius 3 is 1.91 bits per heavy atom. The third-order valence-electron chi connectivity index (χ3n) is 5.32. The molecule has 33 heavy (non-hydrogen) atoms. The van der Waals surface area contributed by atoms with E-state index in [1.54, 1.807) is 24.3 Å². The van der Waals surface area contributed by atoms with Gasteiger partial charge in [0.25, 0.3) is 5.91 Å². The summed E-state index contributed by atoms with van der Waals surface area (Å²) >= 11 is 0. The van der Waals surface area contributed by atoms with Crippen LogP contribution in [-0.4, -0.2) is 71.9 Å². The lowest BCUT2D eigenvalue weighted by Crippen LogP contribution is -2.49. The van der Waals surface area contributed by atoms with Gasteiger partial charge >= 0.3 is 0 Å². The molecule has 2 aromatic carbocycles. The molecule has 3 rings (SSSR count). The van der Waals surface area contributed by atoms with Crippen molar-refractivity contribution < 1.29 is 37.0 Å². The summed E-state index contributed by atoms with van der Waals surface area (Å²) in [6, 6.07) is 10.8. The number of ether oxygens (including phenoxy) is 4. The summed E-state index contributed by atoms with van der Waals surface area (Å²) in [5.41, 5.74) is 0.324. The van der Waals surface area contributed by atoms with Gasteiger partial charge in [0.05, 0.1) is 37.8 Å². The van der Waals surface area contributed by atoms with Gasteiger partial charge < -0.3 is 18.9 Å². The Hall–Kier alpha value is -2.99. The van der Waals surface area contributed by atoms with Gasteiger partial charge in [-0.1, -0.05) is 0 Å². The predicted molar refractivity (Wildman–Crippen MR) is 119 cm³/mol. The fourth-order valence-electron chi connectivity index (χ4n) is 3.51. The number of methoxy groups -OCH3 is 4. The van der Waals surface area contributed by atoms with Crippen LogP contribution >= 0.6 is 0 Å². The summed E-state index contributed by atoms with van der Waals surface area (Å²) in [5.74, 6) is -0.143. The number of hydrogen-bond acceptors (Lipinski definition) is 8. The Kier molecular flexibility index (Phi) is 7.69. The van der Waals surface area contributed by atoms with Crippen LogP contribution in [0.5, 0.6) is 11.5 Å². The van der Waals surface area contributed by atoms with Crippen LogP contribution in [-0.2, 0) is 29.1 Å². The average Bonchev–Trinajstić information content (AvgIpc) is 3.13. The monoisotopic (exact) mass is 478 g/mol. The summed E-state index contributed by atoms with van der Waals surface area (Å²) in [4.78, 5) is 27.0. The number of anilines is 1. The van der Waals surface area contributed by atoms with Crippen molar-refractivity contribution in [1.29, 1.82) is 0 Å². The number of carbonyl (C=O) groups excluding carboxylic acids is 2. The minimum atomic E-state index is -4.20. The molecule has 0 bridgehead atoms. The zero-order valence-electron chi connectivity index (χ0n) is 18.8. The van der Waals surface area contributed by atoms with E-state index in [-0.39, 0.29) is 17.9 Å². The fraction of sp³-hybridized carbons (Fsp3) is 0.364. The highest BCUT2D eigenvalue weighted by molar-refractivity contribution is 7.89. The molecule has 11 heteroatoms. The summed E-state index contributed by atoms with van der Waals surface area (Å²) in [6.45, 7) is -0.290.